The molecule has 1 aliphatic rings. The van der Waals surface area contributed by atoms with Gasteiger partial charge in [0.2, 0.25) is 0 Å². The Balaban J connectivity index is 2.09. The van der Waals surface area contributed by atoms with Crippen molar-refractivity contribution in [2.24, 2.45) is 0 Å². The van der Waals surface area contributed by atoms with E-state index in [1.54, 1.807) is 60.7 Å². The van der Waals surface area contributed by atoms with Crippen LogP contribution in [0.3, 0.4) is 0 Å². The van der Waals surface area contributed by atoms with Gasteiger partial charge in [-0.05, 0) is 29.8 Å². The molecule has 0 amide bonds. The molecular formula is C20H12Cl2O2. The Morgan fingerprint density at radius 1 is 0.750 bits per heavy atom. The van der Waals surface area contributed by atoms with Crippen LogP contribution in [0.4, 0.5) is 0 Å². The number of aliphatic hydroxyl groups is 1. The largest absolute Gasteiger partial charge is 0.376 e. The highest BCUT2D eigenvalue weighted by Crippen LogP contribution is 2.45. The average molecular weight is 355 g/mol. The standard InChI is InChI=1S/C20H12Cl2O2/c21-13-7-5-12(6-8-13)20(24)17-4-2-1-3-15(17)19(23)16-11-14(22)9-10-18(16)20/h1-11,24H. The molecule has 0 radical (unpaired) electrons. The van der Waals surface area contributed by atoms with E-state index in [4.69, 9.17) is 23.2 Å². The summed E-state index contributed by atoms with van der Waals surface area (Å²) in [5.41, 5.74) is 1.19. The van der Waals surface area contributed by atoms with Gasteiger partial charge < -0.3 is 5.11 Å². The monoisotopic (exact) mass is 354 g/mol. The predicted octanol–water partition coefficient (Wildman–Crippen LogP) is 4.82. The van der Waals surface area contributed by atoms with Gasteiger partial charge in [-0.15, -0.1) is 0 Å². The van der Waals surface area contributed by atoms with E-state index in [1.165, 1.54) is 0 Å². The lowest BCUT2D eigenvalue weighted by Crippen LogP contribution is -2.36. The first-order valence-corrected chi connectivity index (χ1v) is 8.20. The Morgan fingerprint density at radius 2 is 1.38 bits per heavy atom. The molecule has 0 bridgehead atoms. The van der Waals surface area contributed by atoms with Gasteiger partial charge in [-0.3, -0.25) is 4.79 Å². The van der Waals surface area contributed by atoms with Gasteiger partial charge in [0, 0.05) is 32.3 Å². The lowest BCUT2D eigenvalue weighted by molar-refractivity contribution is 0.0949. The summed E-state index contributed by atoms with van der Waals surface area (Å²) < 4.78 is 0. The molecule has 3 aromatic carbocycles. The normalized spacial score (nSPS) is 18.9. The second-order valence-electron chi connectivity index (χ2n) is 5.78. The second-order valence-corrected chi connectivity index (χ2v) is 6.65. The maximum Gasteiger partial charge on any atom is 0.193 e. The number of hydrogen-bond donors (Lipinski definition) is 1. The minimum atomic E-state index is -1.44. The number of ketones is 1. The van der Waals surface area contributed by atoms with Crippen molar-refractivity contribution in [3.05, 3.63) is 105 Å². The fourth-order valence-corrected chi connectivity index (χ4v) is 3.61. The first kappa shape index (κ1) is 15.4. The summed E-state index contributed by atoms with van der Waals surface area (Å²) in [6.07, 6.45) is 0. The van der Waals surface area contributed by atoms with E-state index in [-0.39, 0.29) is 5.78 Å². The van der Waals surface area contributed by atoms with Crippen molar-refractivity contribution >= 4 is 29.0 Å². The Bertz CT molecular complexity index is 964. The molecule has 0 aliphatic heterocycles. The molecule has 1 N–H and O–H groups in total. The van der Waals surface area contributed by atoms with Gasteiger partial charge in [0.15, 0.2) is 5.78 Å². The molecule has 0 heterocycles. The third-order valence-electron chi connectivity index (χ3n) is 4.44. The van der Waals surface area contributed by atoms with Crippen LogP contribution < -0.4 is 0 Å². The summed E-state index contributed by atoms with van der Waals surface area (Å²) in [6, 6.07) is 19.1. The van der Waals surface area contributed by atoms with Crippen LogP contribution in [0.25, 0.3) is 0 Å². The Hall–Kier alpha value is -2.13. The van der Waals surface area contributed by atoms with Crippen molar-refractivity contribution in [3.63, 3.8) is 0 Å². The zero-order valence-electron chi connectivity index (χ0n) is 12.5. The lowest BCUT2D eigenvalue weighted by Gasteiger charge is -2.36. The van der Waals surface area contributed by atoms with Crippen LogP contribution in [0.5, 0.6) is 0 Å². The fraction of sp³-hybridized carbons (Fsp3) is 0.0500. The first-order valence-electron chi connectivity index (χ1n) is 7.44. The summed E-state index contributed by atoms with van der Waals surface area (Å²) in [4.78, 5) is 12.8. The molecule has 0 aromatic heterocycles. The molecule has 118 valence electrons. The zero-order chi connectivity index (χ0) is 16.9. The van der Waals surface area contributed by atoms with Crippen LogP contribution in [0.1, 0.15) is 32.6 Å². The van der Waals surface area contributed by atoms with Crippen molar-refractivity contribution in [2.45, 2.75) is 5.60 Å². The molecule has 0 spiro atoms. The van der Waals surface area contributed by atoms with Gasteiger partial charge in [-0.2, -0.15) is 0 Å². The van der Waals surface area contributed by atoms with Gasteiger partial charge >= 0.3 is 0 Å². The number of benzene rings is 3. The SMILES string of the molecule is O=C1c2ccccc2C(O)(c2ccc(Cl)cc2)c2ccc(Cl)cc21. The van der Waals surface area contributed by atoms with Crippen LogP contribution in [-0.4, -0.2) is 10.9 Å². The molecule has 4 rings (SSSR count). The lowest BCUT2D eigenvalue weighted by atomic mass is 9.71. The summed E-state index contributed by atoms with van der Waals surface area (Å²) in [6.45, 7) is 0. The molecular weight excluding hydrogens is 343 g/mol. The smallest absolute Gasteiger partial charge is 0.193 e. The van der Waals surface area contributed by atoms with E-state index in [9.17, 15) is 9.90 Å². The van der Waals surface area contributed by atoms with Crippen LogP contribution in [0.15, 0.2) is 66.7 Å². The summed E-state index contributed by atoms with van der Waals surface area (Å²) in [5.74, 6) is -0.137. The van der Waals surface area contributed by atoms with Crippen LogP contribution >= 0.6 is 23.2 Å². The number of carbonyl (C=O) groups is 1. The highest BCUT2D eigenvalue weighted by Gasteiger charge is 2.43. The quantitative estimate of drug-likeness (QED) is 0.679. The van der Waals surface area contributed by atoms with Gasteiger partial charge in [-0.25, -0.2) is 0 Å². The molecule has 0 saturated carbocycles. The number of halogens is 2. The topological polar surface area (TPSA) is 37.3 Å². The first-order chi connectivity index (χ1) is 11.5. The number of fused-ring (bicyclic) bond motifs is 2. The molecule has 0 fully saturated rings. The van der Waals surface area contributed by atoms with Crippen LogP contribution in [0.2, 0.25) is 10.0 Å². The molecule has 4 heteroatoms. The van der Waals surface area contributed by atoms with Gasteiger partial charge in [0.05, 0.1) is 0 Å². The Labute approximate surface area is 149 Å². The highest BCUT2D eigenvalue weighted by atomic mass is 35.5. The summed E-state index contributed by atoms with van der Waals surface area (Å²) >= 11 is 12.1. The molecule has 3 aromatic rings. The second kappa shape index (κ2) is 5.45. The Morgan fingerprint density at radius 3 is 2.12 bits per heavy atom. The number of carbonyl (C=O) groups excluding carboxylic acids is 1. The summed E-state index contributed by atoms with van der Waals surface area (Å²) in [5, 5.41) is 12.7. The average Bonchev–Trinajstić information content (AvgIpc) is 2.60. The number of hydrogen-bond acceptors (Lipinski definition) is 2. The fourth-order valence-electron chi connectivity index (χ4n) is 3.31. The van der Waals surface area contributed by atoms with Crippen molar-refractivity contribution in [3.8, 4) is 0 Å². The maximum absolute atomic E-state index is 12.8. The van der Waals surface area contributed by atoms with Crippen molar-refractivity contribution in [1.82, 2.24) is 0 Å². The van der Waals surface area contributed by atoms with E-state index >= 15 is 0 Å². The van der Waals surface area contributed by atoms with Gasteiger partial charge in [0.1, 0.15) is 5.60 Å². The van der Waals surface area contributed by atoms with Crippen molar-refractivity contribution in [1.29, 1.82) is 0 Å². The maximum atomic E-state index is 12.8. The van der Waals surface area contributed by atoms with E-state index in [0.717, 1.165) is 0 Å². The van der Waals surface area contributed by atoms with Crippen LogP contribution in [0, 0.1) is 0 Å². The van der Waals surface area contributed by atoms with Crippen molar-refractivity contribution in [2.75, 3.05) is 0 Å². The number of rotatable bonds is 1. The van der Waals surface area contributed by atoms with E-state index in [2.05, 4.69) is 0 Å². The minimum absolute atomic E-state index is 0.137. The predicted molar refractivity (Wildman–Crippen MR) is 94.9 cm³/mol. The van der Waals surface area contributed by atoms with Crippen molar-refractivity contribution < 1.29 is 9.90 Å². The van der Waals surface area contributed by atoms with E-state index in [1.807, 2.05) is 6.07 Å². The third kappa shape index (κ3) is 2.11. The Kier molecular flexibility index (Phi) is 3.50. The zero-order valence-corrected chi connectivity index (χ0v) is 14.0. The van der Waals surface area contributed by atoms with Gasteiger partial charge in [-0.1, -0.05) is 65.7 Å². The molecule has 1 atom stereocenters. The van der Waals surface area contributed by atoms with E-state index in [0.29, 0.717) is 37.9 Å². The molecule has 1 unspecified atom stereocenters. The molecule has 2 nitrogen and oxygen atoms in total. The third-order valence-corrected chi connectivity index (χ3v) is 4.93. The minimum Gasteiger partial charge on any atom is -0.376 e. The summed E-state index contributed by atoms with van der Waals surface area (Å²) in [7, 11) is 0. The molecule has 0 saturated heterocycles. The van der Waals surface area contributed by atoms with Crippen LogP contribution in [-0.2, 0) is 5.60 Å². The van der Waals surface area contributed by atoms with E-state index < -0.39 is 5.60 Å². The molecule has 24 heavy (non-hydrogen) atoms. The molecule has 1 aliphatic carbocycles. The van der Waals surface area contributed by atoms with Gasteiger partial charge in [0.25, 0.3) is 0 Å². The highest BCUT2D eigenvalue weighted by molar-refractivity contribution is 6.31.